The summed E-state index contributed by atoms with van der Waals surface area (Å²) < 4.78 is 1.77. The van der Waals surface area contributed by atoms with Gasteiger partial charge in [-0.25, -0.2) is 4.79 Å². The lowest BCUT2D eigenvalue weighted by Crippen LogP contribution is -2.45. The van der Waals surface area contributed by atoms with Crippen LogP contribution in [-0.4, -0.2) is 28.4 Å². The van der Waals surface area contributed by atoms with Gasteiger partial charge >= 0.3 is 6.03 Å². The molecule has 2 amide bonds. The van der Waals surface area contributed by atoms with Crippen LogP contribution in [0.2, 0.25) is 0 Å². The van der Waals surface area contributed by atoms with Crippen molar-refractivity contribution in [1.82, 2.24) is 20.4 Å². The van der Waals surface area contributed by atoms with E-state index in [1.54, 1.807) is 4.68 Å². The average molecular weight is 222 g/mol. The second-order valence-electron chi connectivity index (χ2n) is 4.26. The fourth-order valence-electron chi connectivity index (χ4n) is 1.69. The van der Waals surface area contributed by atoms with E-state index in [0.717, 1.165) is 25.0 Å². The summed E-state index contributed by atoms with van der Waals surface area (Å²) in [6, 6.07) is 2.31. The van der Waals surface area contributed by atoms with E-state index < -0.39 is 0 Å². The first-order valence-electron chi connectivity index (χ1n) is 5.77. The fraction of sp³-hybridized carbons (Fsp3) is 0.636. The molecule has 1 fully saturated rings. The van der Waals surface area contributed by atoms with Gasteiger partial charge in [0.2, 0.25) is 0 Å². The average Bonchev–Trinajstić information content (AvgIpc) is 2.58. The van der Waals surface area contributed by atoms with E-state index in [0.29, 0.717) is 12.6 Å². The van der Waals surface area contributed by atoms with Gasteiger partial charge in [-0.1, -0.05) is 0 Å². The van der Waals surface area contributed by atoms with Crippen LogP contribution in [-0.2, 0) is 13.5 Å². The van der Waals surface area contributed by atoms with Crippen LogP contribution in [0.1, 0.15) is 25.0 Å². The van der Waals surface area contributed by atoms with Crippen molar-refractivity contribution in [1.29, 1.82) is 0 Å². The molecule has 0 unspecified atom stereocenters. The van der Waals surface area contributed by atoms with Gasteiger partial charge in [-0.05, 0) is 25.3 Å². The number of aromatic nitrogens is 2. The maximum absolute atomic E-state index is 11.4. The molecule has 16 heavy (non-hydrogen) atoms. The number of aryl methyl sites for hydroxylation is 1. The van der Waals surface area contributed by atoms with Crippen molar-refractivity contribution in [3.63, 3.8) is 0 Å². The third-order valence-electron chi connectivity index (χ3n) is 2.88. The van der Waals surface area contributed by atoms with Gasteiger partial charge < -0.3 is 10.6 Å². The summed E-state index contributed by atoms with van der Waals surface area (Å²) in [6.07, 6.45) is 6.16. The van der Waals surface area contributed by atoms with Crippen LogP contribution in [0.3, 0.4) is 0 Å². The van der Waals surface area contributed by atoms with Gasteiger partial charge in [0.15, 0.2) is 0 Å². The standard InChI is InChI=1S/C11H18N4O/c1-15-8-6-10(14-15)5-7-12-11(16)13-9-3-2-4-9/h6,8-9H,2-5,7H2,1H3,(H2,12,13,16). The zero-order chi connectivity index (χ0) is 11.4. The number of hydrogen-bond acceptors (Lipinski definition) is 2. The highest BCUT2D eigenvalue weighted by Crippen LogP contribution is 2.17. The maximum atomic E-state index is 11.4. The first kappa shape index (κ1) is 11.0. The van der Waals surface area contributed by atoms with Gasteiger partial charge in [0.25, 0.3) is 0 Å². The second-order valence-corrected chi connectivity index (χ2v) is 4.26. The maximum Gasteiger partial charge on any atom is 0.315 e. The van der Waals surface area contributed by atoms with Crippen LogP contribution in [0, 0.1) is 0 Å². The summed E-state index contributed by atoms with van der Waals surface area (Å²) in [5, 5.41) is 10.0. The smallest absolute Gasteiger partial charge is 0.315 e. The second kappa shape index (κ2) is 5.01. The Balaban J connectivity index is 1.61. The molecule has 2 rings (SSSR count). The summed E-state index contributed by atoms with van der Waals surface area (Å²) in [7, 11) is 1.89. The summed E-state index contributed by atoms with van der Waals surface area (Å²) in [5.74, 6) is 0. The van der Waals surface area contributed by atoms with E-state index in [9.17, 15) is 4.79 Å². The lowest BCUT2D eigenvalue weighted by Gasteiger charge is -2.26. The Bertz CT molecular complexity index is 357. The third-order valence-corrected chi connectivity index (χ3v) is 2.88. The van der Waals surface area contributed by atoms with Crippen LogP contribution in [0.4, 0.5) is 4.79 Å². The number of carbonyl (C=O) groups excluding carboxylic acids is 1. The van der Waals surface area contributed by atoms with Crippen LogP contribution in [0.15, 0.2) is 12.3 Å². The highest BCUT2D eigenvalue weighted by Gasteiger charge is 2.18. The van der Waals surface area contributed by atoms with E-state index in [1.165, 1.54) is 6.42 Å². The minimum Gasteiger partial charge on any atom is -0.338 e. The van der Waals surface area contributed by atoms with Crippen molar-refractivity contribution in [3.8, 4) is 0 Å². The van der Waals surface area contributed by atoms with E-state index in [1.807, 2.05) is 19.3 Å². The molecule has 0 aromatic carbocycles. The molecule has 0 spiro atoms. The number of urea groups is 1. The summed E-state index contributed by atoms with van der Waals surface area (Å²) in [5.41, 5.74) is 1.01. The molecule has 5 heteroatoms. The normalized spacial score (nSPS) is 15.6. The van der Waals surface area contributed by atoms with Crippen molar-refractivity contribution in [3.05, 3.63) is 18.0 Å². The minimum absolute atomic E-state index is 0.0550. The molecule has 2 N–H and O–H groups in total. The molecule has 1 heterocycles. The molecule has 0 atom stereocenters. The summed E-state index contributed by atoms with van der Waals surface area (Å²) in [6.45, 7) is 0.634. The number of hydrogen-bond donors (Lipinski definition) is 2. The number of nitrogens with zero attached hydrogens (tertiary/aromatic N) is 2. The van der Waals surface area contributed by atoms with Crippen LogP contribution in [0.25, 0.3) is 0 Å². The van der Waals surface area contributed by atoms with Crippen molar-refractivity contribution in [2.24, 2.45) is 7.05 Å². The molecular formula is C11H18N4O. The van der Waals surface area contributed by atoms with Gasteiger partial charge in [-0.2, -0.15) is 5.10 Å². The molecular weight excluding hydrogens is 204 g/mol. The SMILES string of the molecule is Cn1ccc(CCNC(=O)NC2CCC2)n1. The Morgan fingerprint density at radius 1 is 1.62 bits per heavy atom. The van der Waals surface area contributed by atoms with E-state index in [2.05, 4.69) is 15.7 Å². The third kappa shape index (κ3) is 2.98. The van der Waals surface area contributed by atoms with Crippen LogP contribution >= 0.6 is 0 Å². The molecule has 0 bridgehead atoms. The molecule has 1 aromatic rings. The molecule has 1 aliphatic carbocycles. The number of amides is 2. The topological polar surface area (TPSA) is 59.0 Å². The molecule has 1 aliphatic rings. The monoisotopic (exact) mass is 222 g/mol. The number of nitrogens with one attached hydrogen (secondary N) is 2. The molecule has 0 radical (unpaired) electrons. The molecule has 88 valence electrons. The highest BCUT2D eigenvalue weighted by molar-refractivity contribution is 5.74. The molecule has 1 saturated carbocycles. The first-order chi connectivity index (χ1) is 7.74. The van der Waals surface area contributed by atoms with Crippen molar-refractivity contribution in [2.45, 2.75) is 31.7 Å². The largest absolute Gasteiger partial charge is 0.338 e. The Morgan fingerprint density at radius 3 is 3.00 bits per heavy atom. The predicted molar refractivity (Wildman–Crippen MR) is 61.1 cm³/mol. The van der Waals surface area contributed by atoms with Crippen LogP contribution < -0.4 is 10.6 Å². The van der Waals surface area contributed by atoms with Crippen LogP contribution in [0.5, 0.6) is 0 Å². The molecule has 0 saturated heterocycles. The zero-order valence-corrected chi connectivity index (χ0v) is 9.57. The van der Waals surface area contributed by atoms with Gasteiger partial charge in [-0.15, -0.1) is 0 Å². The predicted octanol–water partition coefficient (Wildman–Crippen LogP) is 0.814. The van der Waals surface area contributed by atoms with E-state index in [-0.39, 0.29) is 6.03 Å². The molecule has 0 aliphatic heterocycles. The lowest BCUT2D eigenvalue weighted by molar-refractivity contribution is 0.228. The van der Waals surface area contributed by atoms with Crippen molar-refractivity contribution in [2.75, 3.05) is 6.54 Å². The van der Waals surface area contributed by atoms with E-state index >= 15 is 0 Å². The van der Waals surface area contributed by atoms with E-state index in [4.69, 9.17) is 0 Å². The Hall–Kier alpha value is -1.52. The number of carbonyl (C=O) groups is 1. The van der Waals surface area contributed by atoms with Gasteiger partial charge in [0.1, 0.15) is 0 Å². The zero-order valence-electron chi connectivity index (χ0n) is 9.57. The number of rotatable bonds is 4. The fourth-order valence-corrected chi connectivity index (χ4v) is 1.69. The van der Waals surface area contributed by atoms with Crippen molar-refractivity contribution < 1.29 is 4.79 Å². The Kier molecular flexibility index (Phi) is 3.44. The lowest BCUT2D eigenvalue weighted by atomic mass is 9.93. The van der Waals surface area contributed by atoms with Gasteiger partial charge in [0.05, 0.1) is 5.69 Å². The Labute approximate surface area is 95.2 Å². The highest BCUT2D eigenvalue weighted by atomic mass is 16.2. The van der Waals surface area contributed by atoms with Gasteiger partial charge in [-0.3, -0.25) is 4.68 Å². The summed E-state index contributed by atoms with van der Waals surface area (Å²) >= 11 is 0. The van der Waals surface area contributed by atoms with Crippen molar-refractivity contribution >= 4 is 6.03 Å². The Morgan fingerprint density at radius 2 is 2.44 bits per heavy atom. The quantitative estimate of drug-likeness (QED) is 0.792. The minimum atomic E-state index is -0.0550. The molecule has 5 nitrogen and oxygen atoms in total. The molecule has 1 aromatic heterocycles. The van der Waals surface area contributed by atoms with Gasteiger partial charge in [0, 0.05) is 32.3 Å². The summed E-state index contributed by atoms with van der Waals surface area (Å²) in [4.78, 5) is 11.4. The first-order valence-corrected chi connectivity index (χ1v) is 5.77.